The topological polar surface area (TPSA) is 36.4 Å². The smallest absolute Gasteiger partial charge is 0.134 e. The van der Waals surface area contributed by atoms with Crippen molar-refractivity contribution < 1.29 is 5.11 Å². The normalized spacial score (nSPS) is 19.9. The molecule has 0 amide bonds. The second-order valence-corrected chi connectivity index (χ2v) is 5.94. The van der Waals surface area contributed by atoms with Gasteiger partial charge < -0.3 is 5.11 Å². The van der Waals surface area contributed by atoms with E-state index in [0.29, 0.717) is 5.15 Å². The highest BCUT2D eigenvalue weighted by molar-refractivity contribution is 6.30. The molecule has 1 aromatic carbocycles. The molecule has 1 atom stereocenters. The van der Waals surface area contributed by atoms with Crippen LogP contribution in [0.25, 0.3) is 10.9 Å². The molecule has 2 aromatic rings. The van der Waals surface area contributed by atoms with Crippen LogP contribution in [0.15, 0.2) is 24.3 Å². The maximum Gasteiger partial charge on any atom is 0.134 e. The Bertz CT molecular complexity index is 629. The summed E-state index contributed by atoms with van der Waals surface area (Å²) in [7, 11) is 0. The van der Waals surface area contributed by atoms with Crippen LogP contribution in [0.1, 0.15) is 24.0 Å². The molecular weight excluding hydrogens is 272 g/mol. The highest BCUT2D eigenvalue weighted by atomic mass is 35.5. The first-order valence-corrected chi connectivity index (χ1v) is 7.46. The number of aliphatic hydroxyl groups excluding tert-OH is 1. The standard InChI is InChI=1S/C16H19ClN2O/c1-11-4-5-12-8-13(16(17)18-15(12)7-11)9-19-6-2-3-14(19)10-20/h4-5,7-8,14,20H,2-3,6,9-10H2,1H3. The molecule has 0 spiro atoms. The van der Waals surface area contributed by atoms with E-state index in [1.54, 1.807) is 0 Å². The van der Waals surface area contributed by atoms with Crippen molar-refractivity contribution in [2.24, 2.45) is 0 Å². The molecular formula is C16H19ClN2O. The molecule has 3 rings (SSSR count). The van der Waals surface area contributed by atoms with Crippen molar-refractivity contribution in [2.45, 2.75) is 32.4 Å². The third-order valence-electron chi connectivity index (χ3n) is 4.08. The zero-order valence-electron chi connectivity index (χ0n) is 11.6. The molecule has 1 fully saturated rings. The van der Waals surface area contributed by atoms with E-state index in [9.17, 15) is 5.11 Å². The van der Waals surface area contributed by atoms with E-state index >= 15 is 0 Å². The van der Waals surface area contributed by atoms with Gasteiger partial charge in [0.1, 0.15) is 5.15 Å². The zero-order valence-corrected chi connectivity index (χ0v) is 12.4. The predicted molar refractivity (Wildman–Crippen MR) is 82.0 cm³/mol. The number of fused-ring (bicyclic) bond motifs is 1. The van der Waals surface area contributed by atoms with Gasteiger partial charge >= 0.3 is 0 Å². The minimum atomic E-state index is 0.220. The summed E-state index contributed by atoms with van der Waals surface area (Å²) >= 11 is 6.32. The first kappa shape index (κ1) is 13.8. The minimum absolute atomic E-state index is 0.220. The average Bonchev–Trinajstić information content (AvgIpc) is 2.87. The number of aryl methyl sites for hydroxylation is 1. The Hall–Kier alpha value is -1.16. The van der Waals surface area contributed by atoms with Crippen molar-refractivity contribution in [3.63, 3.8) is 0 Å². The van der Waals surface area contributed by atoms with E-state index in [-0.39, 0.29) is 12.6 Å². The maximum absolute atomic E-state index is 9.40. The number of halogens is 1. The van der Waals surface area contributed by atoms with E-state index < -0.39 is 0 Å². The van der Waals surface area contributed by atoms with Crippen LogP contribution in [-0.4, -0.2) is 34.2 Å². The summed E-state index contributed by atoms with van der Waals surface area (Å²) in [4.78, 5) is 6.80. The highest BCUT2D eigenvalue weighted by Crippen LogP contribution is 2.26. The summed E-state index contributed by atoms with van der Waals surface area (Å²) in [5.74, 6) is 0. The van der Waals surface area contributed by atoms with Gasteiger partial charge in [-0.1, -0.05) is 23.7 Å². The van der Waals surface area contributed by atoms with Gasteiger partial charge in [0.2, 0.25) is 0 Å². The number of aromatic nitrogens is 1. The van der Waals surface area contributed by atoms with Crippen molar-refractivity contribution in [1.29, 1.82) is 0 Å². The minimum Gasteiger partial charge on any atom is -0.395 e. The van der Waals surface area contributed by atoms with Gasteiger partial charge in [0.15, 0.2) is 0 Å². The fourth-order valence-corrected chi connectivity index (χ4v) is 3.14. The average molecular weight is 291 g/mol. The van der Waals surface area contributed by atoms with E-state index in [4.69, 9.17) is 11.6 Å². The Kier molecular flexibility index (Phi) is 3.92. The summed E-state index contributed by atoms with van der Waals surface area (Å²) < 4.78 is 0. The fraction of sp³-hybridized carbons (Fsp3) is 0.438. The molecule has 1 aliphatic rings. The lowest BCUT2D eigenvalue weighted by Crippen LogP contribution is -2.31. The summed E-state index contributed by atoms with van der Waals surface area (Å²) in [5, 5.41) is 11.1. The second-order valence-electron chi connectivity index (χ2n) is 5.58. The molecule has 0 bridgehead atoms. The Morgan fingerprint density at radius 3 is 3.05 bits per heavy atom. The number of benzene rings is 1. The van der Waals surface area contributed by atoms with Crippen LogP contribution in [-0.2, 0) is 6.54 Å². The SMILES string of the molecule is Cc1ccc2cc(CN3CCCC3CO)c(Cl)nc2c1. The third kappa shape index (κ3) is 2.66. The van der Waals surface area contributed by atoms with Crippen LogP contribution < -0.4 is 0 Å². The number of hydrogen-bond acceptors (Lipinski definition) is 3. The van der Waals surface area contributed by atoms with Gasteiger partial charge in [0.25, 0.3) is 0 Å². The van der Waals surface area contributed by atoms with Crippen LogP contribution in [0.5, 0.6) is 0 Å². The molecule has 1 saturated heterocycles. The molecule has 1 aliphatic heterocycles. The largest absolute Gasteiger partial charge is 0.395 e. The predicted octanol–water partition coefficient (Wildman–Crippen LogP) is 3.15. The van der Waals surface area contributed by atoms with Crippen molar-refractivity contribution >= 4 is 22.5 Å². The number of aliphatic hydroxyl groups is 1. The van der Waals surface area contributed by atoms with Gasteiger partial charge in [-0.05, 0) is 44.0 Å². The molecule has 3 nitrogen and oxygen atoms in total. The third-order valence-corrected chi connectivity index (χ3v) is 4.41. The van der Waals surface area contributed by atoms with Gasteiger partial charge in [-0.2, -0.15) is 0 Å². The summed E-state index contributed by atoms with van der Waals surface area (Å²) in [6.45, 7) is 4.06. The van der Waals surface area contributed by atoms with E-state index in [0.717, 1.165) is 42.4 Å². The number of likely N-dealkylation sites (tertiary alicyclic amines) is 1. The quantitative estimate of drug-likeness (QED) is 0.882. The van der Waals surface area contributed by atoms with Crippen LogP contribution in [0, 0.1) is 6.92 Å². The first-order valence-electron chi connectivity index (χ1n) is 7.08. The van der Waals surface area contributed by atoms with E-state index in [1.165, 1.54) is 5.56 Å². The summed E-state index contributed by atoms with van der Waals surface area (Å²) in [6.07, 6.45) is 2.21. The number of pyridine rings is 1. The summed E-state index contributed by atoms with van der Waals surface area (Å²) in [5.41, 5.74) is 3.18. The zero-order chi connectivity index (χ0) is 14.1. The molecule has 1 aromatic heterocycles. The summed E-state index contributed by atoms with van der Waals surface area (Å²) in [6, 6.07) is 8.62. The van der Waals surface area contributed by atoms with Gasteiger partial charge in [-0.3, -0.25) is 4.90 Å². The lowest BCUT2D eigenvalue weighted by Gasteiger charge is -2.23. The molecule has 0 radical (unpaired) electrons. The molecule has 20 heavy (non-hydrogen) atoms. The molecule has 106 valence electrons. The van der Waals surface area contributed by atoms with Crippen molar-refractivity contribution in [3.8, 4) is 0 Å². The number of hydrogen-bond donors (Lipinski definition) is 1. The van der Waals surface area contributed by atoms with Gasteiger partial charge in [-0.15, -0.1) is 0 Å². The lowest BCUT2D eigenvalue weighted by molar-refractivity contribution is 0.153. The van der Waals surface area contributed by atoms with Crippen LogP contribution in [0.4, 0.5) is 0 Å². The molecule has 0 aliphatic carbocycles. The van der Waals surface area contributed by atoms with Crippen LogP contribution >= 0.6 is 11.6 Å². The van der Waals surface area contributed by atoms with Gasteiger partial charge in [0, 0.05) is 23.5 Å². The van der Waals surface area contributed by atoms with Crippen molar-refractivity contribution in [3.05, 3.63) is 40.5 Å². The Morgan fingerprint density at radius 2 is 2.25 bits per heavy atom. The molecule has 1 N–H and O–H groups in total. The second kappa shape index (κ2) is 5.68. The van der Waals surface area contributed by atoms with Crippen LogP contribution in [0.3, 0.4) is 0 Å². The molecule has 4 heteroatoms. The van der Waals surface area contributed by atoms with Crippen LogP contribution in [0.2, 0.25) is 5.15 Å². The molecule has 2 heterocycles. The molecule has 1 unspecified atom stereocenters. The first-order chi connectivity index (χ1) is 9.67. The Balaban J connectivity index is 1.91. The van der Waals surface area contributed by atoms with E-state index in [1.807, 2.05) is 0 Å². The number of rotatable bonds is 3. The van der Waals surface area contributed by atoms with E-state index in [2.05, 4.69) is 41.1 Å². The Labute approximate surface area is 124 Å². The molecule has 0 saturated carbocycles. The maximum atomic E-state index is 9.40. The Morgan fingerprint density at radius 1 is 1.40 bits per heavy atom. The van der Waals surface area contributed by atoms with Crippen molar-refractivity contribution in [1.82, 2.24) is 9.88 Å². The number of nitrogens with zero attached hydrogens (tertiary/aromatic N) is 2. The van der Waals surface area contributed by atoms with Gasteiger partial charge in [0.05, 0.1) is 12.1 Å². The lowest BCUT2D eigenvalue weighted by atomic mass is 10.1. The van der Waals surface area contributed by atoms with Gasteiger partial charge in [-0.25, -0.2) is 4.98 Å². The highest BCUT2D eigenvalue weighted by Gasteiger charge is 2.24. The monoisotopic (exact) mass is 290 g/mol. The van der Waals surface area contributed by atoms with Crippen molar-refractivity contribution in [2.75, 3.05) is 13.2 Å². The fourth-order valence-electron chi connectivity index (χ4n) is 2.94.